The normalized spacial score (nSPS) is 18.6. The van der Waals surface area contributed by atoms with E-state index in [1.807, 2.05) is 19.1 Å². The predicted molar refractivity (Wildman–Crippen MR) is 74.7 cm³/mol. The number of hydrogen-bond donors (Lipinski definition) is 1. The van der Waals surface area contributed by atoms with Crippen molar-refractivity contribution in [3.8, 4) is 0 Å². The Balaban J connectivity index is 1.70. The first kappa shape index (κ1) is 13.3. The van der Waals surface area contributed by atoms with E-state index in [0.717, 1.165) is 18.1 Å². The molecule has 1 N–H and O–H groups in total. The van der Waals surface area contributed by atoms with Gasteiger partial charge in [0.1, 0.15) is 5.82 Å². The van der Waals surface area contributed by atoms with Crippen molar-refractivity contribution in [1.82, 2.24) is 15.1 Å². The summed E-state index contributed by atoms with van der Waals surface area (Å²) in [5.41, 5.74) is 0.960. The summed E-state index contributed by atoms with van der Waals surface area (Å²) in [6.45, 7) is 8.95. The smallest absolute Gasteiger partial charge is 0.148 e. The van der Waals surface area contributed by atoms with Crippen molar-refractivity contribution in [3.63, 3.8) is 0 Å². The molecule has 0 spiro atoms. The van der Waals surface area contributed by atoms with Gasteiger partial charge in [-0.05, 0) is 50.9 Å². The maximum Gasteiger partial charge on any atom is 0.148 e. The van der Waals surface area contributed by atoms with Crippen molar-refractivity contribution in [1.29, 1.82) is 0 Å². The second-order valence-corrected chi connectivity index (χ2v) is 5.41. The summed E-state index contributed by atoms with van der Waals surface area (Å²) in [4.78, 5) is 2.58. The Morgan fingerprint density at radius 3 is 2.67 bits per heavy atom. The Morgan fingerprint density at radius 2 is 2.00 bits per heavy atom. The van der Waals surface area contributed by atoms with E-state index in [-0.39, 0.29) is 0 Å². The van der Waals surface area contributed by atoms with E-state index in [2.05, 4.69) is 27.3 Å². The van der Waals surface area contributed by atoms with E-state index in [1.54, 1.807) is 0 Å². The standard InChI is InChI=1S/C14H24N4/c1-12(11-18-8-4-3-5-9-18)10-15-14-7-6-13(2)16-17-14/h6-7,12H,3-5,8-11H2,1-2H3,(H,15,17). The molecule has 1 unspecified atom stereocenters. The summed E-state index contributed by atoms with van der Waals surface area (Å²) in [5.74, 6) is 1.53. The van der Waals surface area contributed by atoms with Crippen LogP contribution in [0.4, 0.5) is 5.82 Å². The van der Waals surface area contributed by atoms with E-state index in [4.69, 9.17) is 0 Å². The molecule has 0 radical (unpaired) electrons. The Hall–Kier alpha value is -1.16. The molecule has 0 saturated carbocycles. The highest BCUT2D eigenvalue weighted by Crippen LogP contribution is 2.11. The molecule has 4 heteroatoms. The highest BCUT2D eigenvalue weighted by molar-refractivity contribution is 5.32. The Morgan fingerprint density at radius 1 is 1.22 bits per heavy atom. The average molecular weight is 248 g/mol. The second-order valence-electron chi connectivity index (χ2n) is 5.41. The fourth-order valence-corrected chi connectivity index (χ4v) is 2.42. The van der Waals surface area contributed by atoms with Crippen LogP contribution in [0.5, 0.6) is 0 Å². The average Bonchev–Trinajstić information content (AvgIpc) is 2.39. The highest BCUT2D eigenvalue weighted by Gasteiger charge is 2.13. The summed E-state index contributed by atoms with van der Waals surface area (Å²) < 4.78 is 0. The Labute approximate surface area is 110 Å². The molecule has 1 aliphatic heterocycles. The first-order valence-electron chi connectivity index (χ1n) is 7.00. The maximum absolute atomic E-state index is 4.12. The lowest BCUT2D eigenvalue weighted by molar-refractivity contribution is 0.204. The number of nitrogens with zero attached hydrogens (tertiary/aromatic N) is 3. The van der Waals surface area contributed by atoms with Crippen LogP contribution in [0.1, 0.15) is 31.9 Å². The van der Waals surface area contributed by atoms with Gasteiger partial charge < -0.3 is 10.2 Å². The highest BCUT2D eigenvalue weighted by atomic mass is 15.2. The van der Waals surface area contributed by atoms with Crippen molar-refractivity contribution >= 4 is 5.82 Å². The molecule has 1 aromatic heterocycles. The molecule has 0 amide bonds. The third-order valence-corrected chi connectivity index (χ3v) is 3.45. The lowest BCUT2D eigenvalue weighted by Gasteiger charge is -2.29. The number of likely N-dealkylation sites (tertiary alicyclic amines) is 1. The molecule has 1 aromatic rings. The van der Waals surface area contributed by atoms with Crippen molar-refractivity contribution < 1.29 is 0 Å². The maximum atomic E-state index is 4.12. The quantitative estimate of drug-likeness (QED) is 0.868. The van der Waals surface area contributed by atoms with Gasteiger partial charge in [-0.3, -0.25) is 0 Å². The minimum atomic E-state index is 0.645. The molecule has 2 heterocycles. The molecular weight excluding hydrogens is 224 g/mol. The van der Waals surface area contributed by atoms with Crippen molar-refractivity contribution in [2.24, 2.45) is 5.92 Å². The third kappa shape index (κ3) is 4.26. The molecule has 0 aromatic carbocycles. The summed E-state index contributed by atoms with van der Waals surface area (Å²) >= 11 is 0. The fraction of sp³-hybridized carbons (Fsp3) is 0.714. The summed E-state index contributed by atoms with van der Waals surface area (Å²) in [6, 6.07) is 3.99. The summed E-state index contributed by atoms with van der Waals surface area (Å²) in [7, 11) is 0. The zero-order valence-electron chi connectivity index (χ0n) is 11.5. The van der Waals surface area contributed by atoms with Crippen LogP contribution >= 0.6 is 0 Å². The zero-order chi connectivity index (χ0) is 12.8. The minimum Gasteiger partial charge on any atom is -0.368 e. The van der Waals surface area contributed by atoms with Crippen molar-refractivity contribution in [2.75, 3.05) is 31.5 Å². The largest absolute Gasteiger partial charge is 0.368 e. The summed E-state index contributed by atoms with van der Waals surface area (Å²) in [6.07, 6.45) is 4.13. The minimum absolute atomic E-state index is 0.645. The number of nitrogens with one attached hydrogen (secondary N) is 1. The van der Waals surface area contributed by atoms with Crippen LogP contribution < -0.4 is 5.32 Å². The van der Waals surface area contributed by atoms with Crippen molar-refractivity contribution in [2.45, 2.75) is 33.1 Å². The van der Waals surface area contributed by atoms with Gasteiger partial charge in [-0.2, -0.15) is 5.10 Å². The van der Waals surface area contributed by atoms with Gasteiger partial charge >= 0.3 is 0 Å². The third-order valence-electron chi connectivity index (χ3n) is 3.45. The number of anilines is 1. The SMILES string of the molecule is Cc1ccc(NCC(C)CN2CCCCC2)nn1. The molecular formula is C14H24N4. The molecule has 1 atom stereocenters. The molecule has 0 aliphatic carbocycles. The van der Waals surface area contributed by atoms with Gasteiger partial charge in [0.2, 0.25) is 0 Å². The molecule has 2 rings (SSSR count). The van der Waals surface area contributed by atoms with Crippen LogP contribution in [0.2, 0.25) is 0 Å². The monoisotopic (exact) mass is 248 g/mol. The molecule has 0 bridgehead atoms. The van der Waals surface area contributed by atoms with E-state index in [9.17, 15) is 0 Å². The van der Waals surface area contributed by atoms with Crippen LogP contribution in [0.3, 0.4) is 0 Å². The number of piperidine rings is 1. The van der Waals surface area contributed by atoms with Gasteiger partial charge in [-0.25, -0.2) is 0 Å². The molecule has 4 nitrogen and oxygen atoms in total. The molecule has 100 valence electrons. The van der Waals surface area contributed by atoms with Gasteiger partial charge in [-0.15, -0.1) is 5.10 Å². The van der Waals surface area contributed by atoms with E-state index in [1.165, 1.54) is 38.9 Å². The zero-order valence-corrected chi connectivity index (χ0v) is 11.5. The van der Waals surface area contributed by atoms with E-state index >= 15 is 0 Å². The van der Waals surface area contributed by atoms with Crippen LogP contribution in [0, 0.1) is 12.8 Å². The van der Waals surface area contributed by atoms with Gasteiger partial charge in [0.15, 0.2) is 0 Å². The van der Waals surface area contributed by atoms with E-state index < -0.39 is 0 Å². The number of rotatable bonds is 5. The van der Waals surface area contributed by atoms with E-state index in [0.29, 0.717) is 5.92 Å². The second kappa shape index (κ2) is 6.69. The number of hydrogen-bond acceptors (Lipinski definition) is 4. The van der Waals surface area contributed by atoms with Crippen LogP contribution in [-0.2, 0) is 0 Å². The van der Waals surface area contributed by atoms with Gasteiger partial charge in [-0.1, -0.05) is 13.3 Å². The number of aromatic nitrogens is 2. The molecule has 1 saturated heterocycles. The van der Waals surface area contributed by atoms with Crippen LogP contribution in [0.15, 0.2) is 12.1 Å². The van der Waals surface area contributed by atoms with Crippen LogP contribution in [0.25, 0.3) is 0 Å². The number of aryl methyl sites for hydroxylation is 1. The van der Waals surface area contributed by atoms with Gasteiger partial charge in [0.25, 0.3) is 0 Å². The lowest BCUT2D eigenvalue weighted by Crippen LogP contribution is -2.35. The summed E-state index contributed by atoms with van der Waals surface area (Å²) in [5, 5.41) is 11.5. The Kier molecular flexibility index (Phi) is 4.93. The molecule has 1 aliphatic rings. The Bertz CT molecular complexity index is 343. The lowest BCUT2D eigenvalue weighted by atomic mass is 10.1. The first-order valence-corrected chi connectivity index (χ1v) is 7.00. The van der Waals surface area contributed by atoms with Gasteiger partial charge in [0.05, 0.1) is 5.69 Å². The topological polar surface area (TPSA) is 41.0 Å². The van der Waals surface area contributed by atoms with Crippen molar-refractivity contribution in [3.05, 3.63) is 17.8 Å². The van der Waals surface area contributed by atoms with Gasteiger partial charge in [0, 0.05) is 13.1 Å². The molecule has 18 heavy (non-hydrogen) atoms. The first-order chi connectivity index (χ1) is 8.74. The fourth-order valence-electron chi connectivity index (χ4n) is 2.42. The van der Waals surface area contributed by atoms with Crippen LogP contribution in [-0.4, -0.2) is 41.3 Å². The molecule has 1 fully saturated rings. The predicted octanol–water partition coefficient (Wildman–Crippen LogP) is 2.32.